The zero-order valence-electron chi connectivity index (χ0n) is 9.98. The van der Waals surface area contributed by atoms with E-state index in [1.54, 1.807) is 0 Å². The highest BCUT2D eigenvalue weighted by atomic mass is 16.3. The Morgan fingerprint density at radius 3 is 2.59 bits per heavy atom. The second-order valence-electron chi connectivity index (χ2n) is 4.50. The van der Waals surface area contributed by atoms with Gasteiger partial charge in [0.15, 0.2) is 0 Å². The van der Waals surface area contributed by atoms with Gasteiger partial charge in [0.25, 0.3) is 0 Å². The Balaban J connectivity index is 2.02. The standard InChI is InChI=1S/C11H20N2O4/c1-7-4-9(7)11(17)12-3-2-10(16)13-5-8(15)6-14/h7-9,14-15H,2-6H2,1H3,(H,12,17)(H,13,16). The molecule has 0 bridgehead atoms. The third-order valence-electron chi connectivity index (χ3n) is 2.84. The van der Waals surface area contributed by atoms with Gasteiger partial charge in [-0.2, -0.15) is 0 Å². The molecular weight excluding hydrogens is 224 g/mol. The highest BCUT2D eigenvalue weighted by molar-refractivity contribution is 5.82. The van der Waals surface area contributed by atoms with E-state index in [2.05, 4.69) is 10.6 Å². The van der Waals surface area contributed by atoms with Crippen LogP contribution in [0.4, 0.5) is 0 Å². The van der Waals surface area contributed by atoms with Gasteiger partial charge in [0.05, 0.1) is 12.7 Å². The van der Waals surface area contributed by atoms with Crippen molar-refractivity contribution in [3.63, 3.8) is 0 Å². The highest BCUT2D eigenvalue weighted by Gasteiger charge is 2.38. The van der Waals surface area contributed by atoms with Crippen molar-refractivity contribution in [1.82, 2.24) is 10.6 Å². The Hall–Kier alpha value is -1.14. The number of aliphatic hydroxyl groups excluding tert-OH is 2. The van der Waals surface area contributed by atoms with Crippen LogP contribution >= 0.6 is 0 Å². The van der Waals surface area contributed by atoms with E-state index in [9.17, 15) is 9.59 Å². The molecule has 2 amide bonds. The van der Waals surface area contributed by atoms with Crippen molar-refractivity contribution >= 4 is 11.8 Å². The van der Waals surface area contributed by atoms with Gasteiger partial charge in [-0.25, -0.2) is 0 Å². The minimum absolute atomic E-state index is 0.0145. The molecule has 0 radical (unpaired) electrons. The van der Waals surface area contributed by atoms with Crippen molar-refractivity contribution in [3.05, 3.63) is 0 Å². The van der Waals surface area contributed by atoms with E-state index in [0.717, 1.165) is 6.42 Å². The number of hydrogen-bond acceptors (Lipinski definition) is 4. The average molecular weight is 244 g/mol. The van der Waals surface area contributed by atoms with Crippen LogP contribution in [0.2, 0.25) is 0 Å². The molecule has 4 N–H and O–H groups in total. The fraction of sp³-hybridized carbons (Fsp3) is 0.818. The van der Waals surface area contributed by atoms with Crippen molar-refractivity contribution in [3.8, 4) is 0 Å². The lowest BCUT2D eigenvalue weighted by molar-refractivity contribution is -0.123. The van der Waals surface area contributed by atoms with Crippen molar-refractivity contribution in [1.29, 1.82) is 0 Å². The van der Waals surface area contributed by atoms with Crippen molar-refractivity contribution in [2.45, 2.75) is 25.9 Å². The maximum absolute atomic E-state index is 11.4. The summed E-state index contributed by atoms with van der Waals surface area (Å²) in [6, 6.07) is 0. The zero-order chi connectivity index (χ0) is 12.8. The third-order valence-corrected chi connectivity index (χ3v) is 2.84. The highest BCUT2D eigenvalue weighted by Crippen LogP contribution is 2.37. The second-order valence-corrected chi connectivity index (χ2v) is 4.50. The van der Waals surface area contributed by atoms with Crippen LogP contribution in [0.25, 0.3) is 0 Å². The molecule has 1 fully saturated rings. The van der Waals surface area contributed by atoms with E-state index >= 15 is 0 Å². The molecule has 3 unspecified atom stereocenters. The summed E-state index contributed by atoms with van der Waals surface area (Å²) < 4.78 is 0. The summed E-state index contributed by atoms with van der Waals surface area (Å²) in [6.07, 6.45) is 0.187. The van der Waals surface area contributed by atoms with Crippen LogP contribution < -0.4 is 10.6 Å². The summed E-state index contributed by atoms with van der Waals surface area (Å²) in [4.78, 5) is 22.6. The van der Waals surface area contributed by atoms with E-state index in [-0.39, 0.29) is 37.3 Å². The third kappa shape index (κ3) is 5.14. The predicted molar refractivity (Wildman–Crippen MR) is 61.0 cm³/mol. The molecule has 0 spiro atoms. The molecule has 17 heavy (non-hydrogen) atoms. The second kappa shape index (κ2) is 6.56. The SMILES string of the molecule is CC1CC1C(=O)NCCC(=O)NCC(O)CO. The van der Waals surface area contributed by atoms with Crippen LogP contribution in [0.15, 0.2) is 0 Å². The summed E-state index contributed by atoms with van der Waals surface area (Å²) >= 11 is 0. The summed E-state index contributed by atoms with van der Waals surface area (Å²) in [7, 11) is 0. The van der Waals surface area contributed by atoms with Gasteiger partial charge in [-0.05, 0) is 12.3 Å². The quantitative estimate of drug-likeness (QED) is 0.443. The normalized spacial score (nSPS) is 23.9. The smallest absolute Gasteiger partial charge is 0.223 e. The lowest BCUT2D eigenvalue weighted by Gasteiger charge is -2.09. The molecule has 98 valence electrons. The molecule has 0 aliphatic heterocycles. The van der Waals surface area contributed by atoms with Gasteiger partial charge in [0.2, 0.25) is 11.8 Å². The fourth-order valence-corrected chi connectivity index (χ4v) is 1.50. The molecule has 6 nitrogen and oxygen atoms in total. The lowest BCUT2D eigenvalue weighted by atomic mass is 10.3. The van der Waals surface area contributed by atoms with Gasteiger partial charge in [0.1, 0.15) is 0 Å². The van der Waals surface area contributed by atoms with E-state index < -0.39 is 6.10 Å². The van der Waals surface area contributed by atoms with Crippen LogP contribution in [0.5, 0.6) is 0 Å². The summed E-state index contributed by atoms with van der Waals surface area (Å²) in [5, 5.41) is 22.7. The predicted octanol–water partition coefficient (Wildman–Crippen LogP) is -1.38. The minimum Gasteiger partial charge on any atom is -0.394 e. The minimum atomic E-state index is -0.930. The number of aliphatic hydroxyl groups is 2. The van der Waals surface area contributed by atoms with Gasteiger partial charge in [0, 0.05) is 25.4 Å². The van der Waals surface area contributed by atoms with E-state index in [0.29, 0.717) is 12.5 Å². The molecule has 0 aromatic rings. The zero-order valence-corrected chi connectivity index (χ0v) is 9.98. The van der Waals surface area contributed by atoms with Gasteiger partial charge in [-0.1, -0.05) is 6.92 Å². The number of rotatable bonds is 7. The Morgan fingerprint density at radius 2 is 2.06 bits per heavy atom. The van der Waals surface area contributed by atoms with Crippen molar-refractivity contribution in [2.24, 2.45) is 11.8 Å². The van der Waals surface area contributed by atoms with Gasteiger partial charge in [-0.3, -0.25) is 9.59 Å². The van der Waals surface area contributed by atoms with Gasteiger partial charge >= 0.3 is 0 Å². The summed E-state index contributed by atoms with van der Waals surface area (Å²) in [5.41, 5.74) is 0. The molecule has 3 atom stereocenters. The Labute approximate surface area is 100 Å². The lowest BCUT2D eigenvalue weighted by Crippen LogP contribution is -2.36. The Kier molecular flexibility index (Phi) is 5.37. The van der Waals surface area contributed by atoms with Crippen LogP contribution in [0.1, 0.15) is 19.8 Å². The molecule has 0 aromatic carbocycles. The first kappa shape index (κ1) is 13.9. The first-order chi connectivity index (χ1) is 8.04. The fourth-order valence-electron chi connectivity index (χ4n) is 1.50. The molecule has 6 heteroatoms. The number of carbonyl (C=O) groups excluding carboxylic acids is 2. The Bertz CT molecular complexity index is 283. The van der Waals surface area contributed by atoms with Crippen molar-refractivity contribution < 1.29 is 19.8 Å². The molecule has 1 saturated carbocycles. The van der Waals surface area contributed by atoms with Crippen LogP contribution in [-0.2, 0) is 9.59 Å². The molecule has 0 saturated heterocycles. The molecule has 0 aromatic heterocycles. The van der Waals surface area contributed by atoms with Crippen LogP contribution in [-0.4, -0.2) is 47.8 Å². The van der Waals surface area contributed by atoms with E-state index in [1.165, 1.54) is 0 Å². The van der Waals surface area contributed by atoms with Crippen molar-refractivity contribution in [2.75, 3.05) is 19.7 Å². The number of carbonyl (C=O) groups is 2. The topological polar surface area (TPSA) is 98.7 Å². The summed E-state index contributed by atoms with van der Waals surface area (Å²) in [5.74, 6) is 0.347. The van der Waals surface area contributed by atoms with Crippen LogP contribution in [0, 0.1) is 11.8 Å². The maximum atomic E-state index is 11.4. The number of amides is 2. The molecule has 1 aliphatic carbocycles. The van der Waals surface area contributed by atoms with Gasteiger partial charge < -0.3 is 20.8 Å². The van der Waals surface area contributed by atoms with Gasteiger partial charge in [-0.15, -0.1) is 0 Å². The van der Waals surface area contributed by atoms with E-state index in [4.69, 9.17) is 10.2 Å². The largest absolute Gasteiger partial charge is 0.394 e. The molecule has 0 heterocycles. The number of hydrogen-bond donors (Lipinski definition) is 4. The molecular formula is C11H20N2O4. The first-order valence-corrected chi connectivity index (χ1v) is 5.88. The monoisotopic (exact) mass is 244 g/mol. The average Bonchev–Trinajstić information content (AvgIpc) is 3.03. The first-order valence-electron chi connectivity index (χ1n) is 5.88. The number of nitrogens with one attached hydrogen (secondary N) is 2. The van der Waals surface area contributed by atoms with Crippen LogP contribution in [0.3, 0.4) is 0 Å². The van der Waals surface area contributed by atoms with E-state index in [1.807, 2.05) is 6.92 Å². The Morgan fingerprint density at radius 1 is 1.41 bits per heavy atom. The molecule has 1 rings (SSSR count). The maximum Gasteiger partial charge on any atom is 0.223 e. The molecule has 1 aliphatic rings. The summed E-state index contributed by atoms with van der Waals surface area (Å²) in [6.45, 7) is 1.98.